The summed E-state index contributed by atoms with van der Waals surface area (Å²) in [6.07, 6.45) is 6.34. The molecule has 0 N–H and O–H groups in total. The summed E-state index contributed by atoms with van der Waals surface area (Å²) in [6, 6.07) is 10.7. The van der Waals surface area contributed by atoms with Crippen LogP contribution in [-0.4, -0.2) is 21.5 Å². The Morgan fingerprint density at radius 1 is 1.33 bits per heavy atom. The van der Waals surface area contributed by atoms with Crippen molar-refractivity contribution in [3.8, 4) is 12.3 Å². The van der Waals surface area contributed by atoms with Crippen molar-refractivity contribution >= 4 is 30.2 Å². The van der Waals surface area contributed by atoms with Gasteiger partial charge in [0.1, 0.15) is 6.10 Å². The Kier molecular flexibility index (Phi) is 5.26. The third-order valence-electron chi connectivity index (χ3n) is 4.05. The summed E-state index contributed by atoms with van der Waals surface area (Å²) in [5.41, 5.74) is 0. The molecule has 0 amide bonds. The SMILES string of the molecule is C#CC(Cc1cc2ccccc2s1)OCC(C)(C)[Si](C)C. The summed E-state index contributed by atoms with van der Waals surface area (Å²) in [4.78, 5) is 1.30. The lowest BCUT2D eigenvalue weighted by Crippen LogP contribution is -2.29. The summed E-state index contributed by atoms with van der Waals surface area (Å²) in [5.74, 6) is 2.80. The van der Waals surface area contributed by atoms with Crippen molar-refractivity contribution in [2.45, 2.75) is 44.5 Å². The van der Waals surface area contributed by atoms with Crippen LogP contribution in [0.25, 0.3) is 10.1 Å². The molecule has 1 atom stereocenters. The maximum absolute atomic E-state index is 6.01. The highest BCUT2D eigenvalue weighted by Crippen LogP contribution is 2.30. The molecule has 0 aliphatic rings. The van der Waals surface area contributed by atoms with Gasteiger partial charge in [-0.15, -0.1) is 17.8 Å². The van der Waals surface area contributed by atoms with Crippen molar-refractivity contribution in [3.05, 3.63) is 35.2 Å². The molecule has 1 aromatic heterocycles. The van der Waals surface area contributed by atoms with Gasteiger partial charge in [-0.3, -0.25) is 0 Å². The zero-order valence-electron chi connectivity index (χ0n) is 13.3. The van der Waals surface area contributed by atoms with E-state index in [1.807, 2.05) is 11.3 Å². The van der Waals surface area contributed by atoms with Crippen LogP contribution in [0.3, 0.4) is 0 Å². The van der Waals surface area contributed by atoms with Gasteiger partial charge in [0, 0.05) is 16.0 Å². The van der Waals surface area contributed by atoms with Crippen LogP contribution in [0.5, 0.6) is 0 Å². The fourth-order valence-electron chi connectivity index (χ4n) is 1.94. The molecule has 1 unspecified atom stereocenters. The monoisotopic (exact) mass is 315 g/mol. The molecule has 0 saturated heterocycles. The van der Waals surface area contributed by atoms with Crippen molar-refractivity contribution in [1.82, 2.24) is 0 Å². The van der Waals surface area contributed by atoms with Crippen LogP contribution in [0, 0.1) is 12.3 Å². The highest BCUT2D eigenvalue weighted by Gasteiger charge is 2.25. The minimum atomic E-state index is -0.398. The Labute approximate surface area is 133 Å². The number of hydrogen-bond donors (Lipinski definition) is 0. The van der Waals surface area contributed by atoms with Crippen molar-refractivity contribution in [3.63, 3.8) is 0 Å². The average Bonchev–Trinajstić information content (AvgIpc) is 2.85. The van der Waals surface area contributed by atoms with E-state index in [1.54, 1.807) is 0 Å². The van der Waals surface area contributed by atoms with Crippen molar-refractivity contribution in [2.24, 2.45) is 0 Å². The molecule has 1 nitrogen and oxygen atoms in total. The number of terminal acetylenes is 1. The Bertz CT molecular complexity index is 603. The van der Waals surface area contributed by atoms with Gasteiger partial charge in [-0.05, 0) is 22.6 Å². The lowest BCUT2D eigenvalue weighted by molar-refractivity contribution is 0.0749. The van der Waals surface area contributed by atoms with E-state index in [9.17, 15) is 0 Å². The predicted octanol–water partition coefficient (Wildman–Crippen LogP) is 5.00. The lowest BCUT2D eigenvalue weighted by atomic mass is 10.2. The second-order valence-electron chi connectivity index (χ2n) is 6.30. The standard InChI is InChI=1S/C18H23OSSi/c1-6-15(19-13-18(2,3)21(4)5)12-16-11-14-9-7-8-10-17(14)20-16/h1,7-11,15H,12-13H2,2-5H3. The molecule has 2 aromatic rings. The minimum absolute atomic E-state index is 0.126. The lowest BCUT2D eigenvalue weighted by Gasteiger charge is -2.29. The number of hydrogen-bond acceptors (Lipinski definition) is 2. The van der Waals surface area contributed by atoms with E-state index in [0.29, 0.717) is 0 Å². The molecule has 0 spiro atoms. The summed E-state index contributed by atoms with van der Waals surface area (Å²) in [7, 11) is -0.398. The molecule has 1 radical (unpaired) electrons. The van der Waals surface area contributed by atoms with Gasteiger partial charge in [0.2, 0.25) is 0 Å². The van der Waals surface area contributed by atoms with Gasteiger partial charge >= 0.3 is 0 Å². The first kappa shape index (κ1) is 16.3. The Morgan fingerprint density at radius 3 is 2.67 bits per heavy atom. The summed E-state index contributed by atoms with van der Waals surface area (Å²) in [5, 5.41) is 1.54. The van der Waals surface area contributed by atoms with Gasteiger partial charge in [-0.2, -0.15) is 0 Å². The zero-order valence-corrected chi connectivity index (χ0v) is 15.1. The van der Waals surface area contributed by atoms with E-state index in [2.05, 4.69) is 63.2 Å². The maximum atomic E-state index is 6.01. The Morgan fingerprint density at radius 2 is 2.05 bits per heavy atom. The van der Waals surface area contributed by atoms with Crippen LogP contribution in [0.15, 0.2) is 30.3 Å². The molecule has 21 heavy (non-hydrogen) atoms. The normalized spacial score (nSPS) is 13.5. The third kappa shape index (κ3) is 4.20. The fourth-order valence-corrected chi connectivity index (χ4v) is 3.41. The van der Waals surface area contributed by atoms with Crippen LogP contribution >= 0.6 is 11.3 Å². The van der Waals surface area contributed by atoms with Crippen molar-refractivity contribution < 1.29 is 4.74 Å². The Hall–Kier alpha value is -1.08. The van der Waals surface area contributed by atoms with Gasteiger partial charge in [0.05, 0.1) is 15.4 Å². The maximum Gasteiger partial charge on any atom is 0.122 e. The molecule has 1 heterocycles. The van der Waals surface area contributed by atoms with Crippen molar-refractivity contribution in [2.75, 3.05) is 6.61 Å². The van der Waals surface area contributed by atoms with E-state index in [4.69, 9.17) is 11.2 Å². The molecule has 0 aliphatic carbocycles. The number of rotatable bonds is 6. The molecule has 3 heteroatoms. The quantitative estimate of drug-likeness (QED) is 0.538. The average molecular weight is 316 g/mol. The number of benzene rings is 1. The molecule has 0 saturated carbocycles. The second kappa shape index (κ2) is 6.78. The molecule has 0 bridgehead atoms. The summed E-state index contributed by atoms with van der Waals surface area (Å²) < 4.78 is 7.33. The van der Waals surface area contributed by atoms with Crippen LogP contribution in [-0.2, 0) is 11.2 Å². The number of ether oxygens (including phenoxy) is 1. The van der Waals surface area contributed by atoms with Gasteiger partial charge in [-0.25, -0.2) is 0 Å². The fraction of sp³-hybridized carbons (Fsp3) is 0.444. The van der Waals surface area contributed by atoms with Crippen LogP contribution in [0.4, 0.5) is 0 Å². The number of thiophene rings is 1. The number of fused-ring (bicyclic) bond motifs is 1. The molecule has 0 aliphatic heterocycles. The molecular formula is C18H23OSSi. The van der Waals surface area contributed by atoms with E-state index < -0.39 is 8.80 Å². The van der Waals surface area contributed by atoms with E-state index >= 15 is 0 Å². The minimum Gasteiger partial charge on any atom is -0.365 e. The highest BCUT2D eigenvalue weighted by atomic mass is 32.1. The first-order chi connectivity index (χ1) is 9.92. The summed E-state index contributed by atoms with van der Waals surface area (Å²) >= 11 is 1.81. The van der Waals surface area contributed by atoms with Gasteiger partial charge in [0.15, 0.2) is 0 Å². The van der Waals surface area contributed by atoms with Crippen LogP contribution in [0.1, 0.15) is 18.7 Å². The third-order valence-corrected chi connectivity index (χ3v) is 8.04. The predicted molar refractivity (Wildman–Crippen MR) is 95.6 cm³/mol. The van der Waals surface area contributed by atoms with E-state index in [1.165, 1.54) is 15.0 Å². The molecule has 1 aromatic carbocycles. The first-order valence-corrected chi connectivity index (χ1v) is 10.6. The highest BCUT2D eigenvalue weighted by molar-refractivity contribution is 7.19. The first-order valence-electron chi connectivity index (χ1n) is 7.28. The van der Waals surface area contributed by atoms with E-state index in [-0.39, 0.29) is 11.1 Å². The van der Waals surface area contributed by atoms with Gasteiger partial charge in [0.25, 0.3) is 0 Å². The van der Waals surface area contributed by atoms with Gasteiger partial charge < -0.3 is 4.74 Å². The Balaban J connectivity index is 2.01. The summed E-state index contributed by atoms with van der Waals surface area (Å²) in [6.45, 7) is 9.94. The second-order valence-corrected chi connectivity index (χ2v) is 10.8. The largest absolute Gasteiger partial charge is 0.365 e. The van der Waals surface area contributed by atoms with Gasteiger partial charge in [-0.1, -0.05) is 51.1 Å². The molecule has 2 rings (SSSR count). The molecule has 111 valence electrons. The van der Waals surface area contributed by atoms with Crippen LogP contribution in [0.2, 0.25) is 18.1 Å². The molecular weight excluding hydrogens is 292 g/mol. The zero-order chi connectivity index (χ0) is 15.5. The van der Waals surface area contributed by atoms with Crippen LogP contribution < -0.4 is 0 Å². The van der Waals surface area contributed by atoms with E-state index in [0.717, 1.165) is 13.0 Å². The molecule has 0 fully saturated rings. The smallest absolute Gasteiger partial charge is 0.122 e. The topological polar surface area (TPSA) is 9.23 Å². The van der Waals surface area contributed by atoms with Crippen molar-refractivity contribution in [1.29, 1.82) is 0 Å².